The van der Waals surface area contributed by atoms with E-state index in [2.05, 4.69) is 10.5 Å². The van der Waals surface area contributed by atoms with E-state index in [0.29, 0.717) is 16.4 Å². The number of thiophene rings is 1. The van der Waals surface area contributed by atoms with Crippen molar-refractivity contribution in [3.8, 4) is 11.5 Å². The van der Waals surface area contributed by atoms with Crippen molar-refractivity contribution in [1.29, 1.82) is 0 Å². The summed E-state index contributed by atoms with van der Waals surface area (Å²) in [4.78, 5) is 24.3. The van der Waals surface area contributed by atoms with Gasteiger partial charge in [-0.1, -0.05) is 23.8 Å². The maximum Gasteiger partial charge on any atom is 0.353 e. The fourth-order valence-corrected chi connectivity index (χ4v) is 3.09. The number of hydrogen-bond donors (Lipinski definition) is 1. The maximum atomic E-state index is 11.9. The molecule has 0 saturated carbocycles. The van der Waals surface area contributed by atoms with E-state index < -0.39 is 5.97 Å². The molecule has 0 radical (unpaired) electrons. The normalized spacial score (nSPS) is 10.7. The summed E-state index contributed by atoms with van der Waals surface area (Å²) in [5, 5.41) is 5.73. The zero-order chi connectivity index (χ0) is 20.6. The van der Waals surface area contributed by atoms with Crippen molar-refractivity contribution in [2.45, 2.75) is 13.8 Å². The van der Waals surface area contributed by atoms with E-state index in [1.165, 1.54) is 17.6 Å². The molecule has 0 unspecified atom stereocenters. The van der Waals surface area contributed by atoms with Crippen molar-refractivity contribution in [2.75, 3.05) is 6.61 Å². The van der Waals surface area contributed by atoms with Gasteiger partial charge in [-0.15, -0.1) is 11.3 Å². The number of ether oxygens (including phenoxy) is 2. The van der Waals surface area contributed by atoms with Gasteiger partial charge in [0.05, 0.1) is 6.21 Å². The number of esters is 1. The van der Waals surface area contributed by atoms with Crippen molar-refractivity contribution in [2.24, 2.45) is 5.10 Å². The number of amides is 1. The van der Waals surface area contributed by atoms with Crippen LogP contribution in [0.25, 0.3) is 0 Å². The van der Waals surface area contributed by atoms with E-state index in [1.807, 2.05) is 37.4 Å². The first-order chi connectivity index (χ1) is 14.0. The lowest BCUT2D eigenvalue weighted by atomic mass is 10.1. The van der Waals surface area contributed by atoms with Gasteiger partial charge in [-0.05, 0) is 66.8 Å². The summed E-state index contributed by atoms with van der Waals surface area (Å²) >= 11 is 1.32. The summed E-state index contributed by atoms with van der Waals surface area (Å²) in [6, 6.07) is 16.1. The fourth-order valence-electron chi connectivity index (χ4n) is 2.49. The van der Waals surface area contributed by atoms with E-state index >= 15 is 0 Å². The summed E-state index contributed by atoms with van der Waals surface area (Å²) in [5.74, 6) is 0.356. The van der Waals surface area contributed by atoms with Gasteiger partial charge in [0.15, 0.2) is 6.61 Å². The molecule has 3 rings (SSSR count). The average molecular weight is 408 g/mol. The third kappa shape index (κ3) is 6.02. The molecule has 7 heteroatoms. The minimum absolute atomic E-state index is 0.126. The molecule has 1 heterocycles. The molecule has 3 aromatic rings. The number of nitrogens with one attached hydrogen (secondary N) is 1. The van der Waals surface area contributed by atoms with Crippen molar-refractivity contribution < 1.29 is 19.1 Å². The average Bonchev–Trinajstić information content (AvgIpc) is 3.24. The van der Waals surface area contributed by atoms with Crippen LogP contribution in [0.4, 0.5) is 0 Å². The van der Waals surface area contributed by atoms with Crippen LogP contribution >= 0.6 is 11.3 Å². The molecule has 1 aromatic heterocycles. The highest BCUT2D eigenvalue weighted by Gasteiger charge is 2.09. The third-order valence-electron chi connectivity index (χ3n) is 3.91. The van der Waals surface area contributed by atoms with Crippen molar-refractivity contribution in [3.63, 3.8) is 0 Å². The fraction of sp³-hybridized carbons (Fsp3) is 0.136. The molecule has 0 aliphatic rings. The quantitative estimate of drug-likeness (QED) is 0.276. The Morgan fingerprint density at radius 1 is 1.10 bits per heavy atom. The van der Waals surface area contributed by atoms with Gasteiger partial charge in [-0.3, -0.25) is 4.79 Å². The molecule has 1 amide bonds. The molecule has 0 aliphatic heterocycles. The molecule has 0 spiro atoms. The Hall–Kier alpha value is -3.45. The van der Waals surface area contributed by atoms with Crippen LogP contribution in [-0.4, -0.2) is 24.7 Å². The van der Waals surface area contributed by atoms with Gasteiger partial charge >= 0.3 is 5.97 Å². The van der Waals surface area contributed by atoms with Crippen molar-refractivity contribution >= 4 is 29.4 Å². The van der Waals surface area contributed by atoms with Gasteiger partial charge in [0.1, 0.15) is 16.4 Å². The highest BCUT2D eigenvalue weighted by molar-refractivity contribution is 7.12. The molecular formula is C22H20N2O4S. The van der Waals surface area contributed by atoms with Crippen LogP contribution in [0, 0.1) is 13.8 Å². The van der Waals surface area contributed by atoms with E-state index in [4.69, 9.17) is 9.47 Å². The molecule has 0 bridgehead atoms. The van der Waals surface area contributed by atoms with Gasteiger partial charge in [-0.25, -0.2) is 10.2 Å². The van der Waals surface area contributed by atoms with Gasteiger partial charge in [0.2, 0.25) is 0 Å². The maximum absolute atomic E-state index is 11.9. The number of hydrazone groups is 1. The van der Waals surface area contributed by atoms with Crippen LogP contribution in [0.2, 0.25) is 0 Å². The van der Waals surface area contributed by atoms with E-state index in [0.717, 1.165) is 16.7 Å². The van der Waals surface area contributed by atoms with Gasteiger partial charge < -0.3 is 9.47 Å². The Kier molecular flexibility index (Phi) is 6.76. The number of rotatable bonds is 7. The lowest BCUT2D eigenvalue weighted by molar-refractivity contribution is -0.123. The predicted octanol–water partition coefficient (Wildman–Crippen LogP) is 4.11. The Balaban J connectivity index is 1.46. The standard InChI is InChI=1S/C22H20N2O4S/c1-15-5-10-19(16(2)12-15)27-14-21(25)24-23-13-17-6-8-18(9-7-17)28-22(26)20-4-3-11-29-20/h3-13H,14H2,1-2H3,(H,24,25). The number of hydrogen-bond acceptors (Lipinski definition) is 6. The number of nitrogens with zero attached hydrogens (tertiary/aromatic N) is 1. The largest absolute Gasteiger partial charge is 0.483 e. The molecule has 148 valence electrons. The smallest absolute Gasteiger partial charge is 0.353 e. The zero-order valence-corrected chi connectivity index (χ0v) is 16.9. The molecular weight excluding hydrogens is 388 g/mol. The minimum atomic E-state index is -0.391. The molecule has 2 aromatic carbocycles. The lowest BCUT2D eigenvalue weighted by Crippen LogP contribution is -2.24. The SMILES string of the molecule is Cc1ccc(OCC(=O)NN=Cc2ccc(OC(=O)c3cccs3)cc2)c(C)c1. The van der Waals surface area contributed by atoms with E-state index in [-0.39, 0.29) is 12.5 Å². The van der Waals surface area contributed by atoms with Crippen molar-refractivity contribution in [3.05, 3.63) is 81.5 Å². The van der Waals surface area contributed by atoms with E-state index in [1.54, 1.807) is 36.4 Å². The Morgan fingerprint density at radius 3 is 2.59 bits per heavy atom. The summed E-state index contributed by atoms with van der Waals surface area (Å²) in [6.07, 6.45) is 1.50. The third-order valence-corrected chi connectivity index (χ3v) is 4.75. The molecule has 0 atom stereocenters. The highest BCUT2D eigenvalue weighted by Crippen LogP contribution is 2.18. The van der Waals surface area contributed by atoms with Crippen LogP contribution < -0.4 is 14.9 Å². The van der Waals surface area contributed by atoms with Crippen molar-refractivity contribution in [1.82, 2.24) is 5.43 Å². The highest BCUT2D eigenvalue weighted by atomic mass is 32.1. The Bertz CT molecular complexity index is 1010. The number of aryl methyl sites for hydroxylation is 2. The Labute approximate surface area is 172 Å². The second-order valence-electron chi connectivity index (χ2n) is 6.29. The van der Waals surface area contributed by atoms with Crippen LogP contribution in [0.15, 0.2) is 65.1 Å². The lowest BCUT2D eigenvalue weighted by Gasteiger charge is -2.08. The molecule has 0 saturated heterocycles. The second-order valence-corrected chi connectivity index (χ2v) is 7.23. The molecule has 1 N–H and O–H groups in total. The van der Waals surface area contributed by atoms with Crippen LogP contribution in [0.1, 0.15) is 26.4 Å². The van der Waals surface area contributed by atoms with Crippen LogP contribution in [-0.2, 0) is 4.79 Å². The predicted molar refractivity (Wildman–Crippen MR) is 113 cm³/mol. The topological polar surface area (TPSA) is 77.0 Å². The van der Waals surface area contributed by atoms with Crippen LogP contribution in [0.5, 0.6) is 11.5 Å². The van der Waals surface area contributed by atoms with Gasteiger partial charge in [0, 0.05) is 0 Å². The molecule has 0 aliphatic carbocycles. The summed E-state index contributed by atoms with van der Waals surface area (Å²) in [7, 11) is 0. The molecule has 0 fully saturated rings. The van der Waals surface area contributed by atoms with E-state index in [9.17, 15) is 9.59 Å². The summed E-state index contributed by atoms with van der Waals surface area (Å²) in [6.45, 7) is 3.80. The number of carbonyl (C=O) groups is 2. The molecule has 6 nitrogen and oxygen atoms in total. The Morgan fingerprint density at radius 2 is 1.90 bits per heavy atom. The first-order valence-corrected chi connectivity index (χ1v) is 9.77. The van der Waals surface area contributed by atoms with Crippen LogP contribution in [0.3, 0.4) is 0 Å². The zero-order valence-electron chi connectivity index (χ0n) is 16.0. The van der Waals surface area contributed by atoms with Gasteiger partial charge in [0.25, 0.3) is 5.91 Å². The first kappa shape index (κ1) is 20.3. The van der Waals surface area contributed by atoms with Gasteiger partial charge in [-0.2, -0.15) is 5.10 Å². The summed E-state index contributed by atoms with van der Waals surface area (Å²) < 4.78 is 10.8. The number of benzene rings is 2. The number of carbonyl (C=O) groups excluding carboxylic acids is 2. The summed E-state index contributed by atoms with van der Waals surface area (Å²) in [5.41, 5.74) is 5.27. The minimum Gasteiger partial charge on any atom is -0.483 e. The second kappa shape index (κ2) is 9.66. The first-order valence-electron chi connectivity index (χ1n) is 8.89. The monoisotopic (exact) mass is 408 g/mol. The molecule has 29 heavy (non-hydrogen) atoms.